The zero-order valence-electron chi connectivity index (χ0n) is 13.7. The number of amides is 1. The Morgan fingerprint density at radius 1 is 1.32 bits per heavy atom. The van der Waals surface area contributed by atoms with Crippen molar-refractivity contribution in [2.45, 2.75) is 20.0 Å². The molecule has 6 nitrogen and oxygen atoms in total. The first-order valence-corrected chi connectivity index (χ1v) is 8.43. The average molecular weight is 361 g/mol. The second-order valence-corrected chi connectivity index (χ2v) is 6.61. The lowest BCUT2D eigenvalue weighted by Crippen LogP contribution is -2.32. The lowest BCUT2D eigenvalue weighted by Gasteiger charge is -2.16. The smallest absolute Gasteiger partial charge is 0.388 e. The van der Waals surface area contributed by atoms with Crippen LogP contribution in [0.2, 0.25) is 0 Å². The number of likely N-dealkylation sites (N-methyl/N-ethyl adjacent to an activating group) is 1. The molecule has 0 spiro atoms. The first-order chi connectivity index (χ1) is 11.9. The molecular weight excluding hydrogens is 345 g/mol. The molecule has 0 saturated heterocycles. The van der Waals surface area contributed by atoms with Gasteiger partial charge in [-0.2, -0.15) is 4.68 Å². The van der Waals surface area contributed by atoms with Crippen molar-refractivity contribution >= 4 is 17.2 Å². The van der Waals surface area contributed by atoms with E-state index < -0.39 is 11.6 Å². The monoisotopic (exact) mass is 361 g/mol. The molecule has 0 unspecified atom stereocenters. The number of hydrogen-bond donors (Lipinski definition) is 0. The van der Waals surface area contributed by atoms with Crippen LogP contribution in [0, 0.1) is 12.7 Å². The van der Waals surface area contributed by atoms with Gasteiger partial charge in [-0.05, 0) is 48.2 Å². The molecule has 25 heavy (non-hydrogen) atoms. The molecule has 1 amide bonds. The van der Waals surface area contributed by atoms with E-state index in [1.54, 1.807) is 18.4 Å². The van der Waals surface area contributed by atoms with Gasteiger partial charge < -0.3 is 9.32 Å². The fraction of sp³-hybridized carbons (Fsp3) is 0.235. The van der Waals surface area contributed by atoms with Crippen LogP contribution in [0.3, 0.4) is 0 Å². The Morgan fingerprint density at radius 2 is 2.04 bits per heavy atom. The van der Waals surface area contributed by atoms with E-state index in [0.29, 0.717) is 12.1 Å². The van der Waals surface area contributed by atoms with Crippen LogP contribution in [0.25, 0.3) is 11.5 Å². The number of aromatic nitrogens is 2. The Balaban J connectivity index is 1.72. The number of thiophene rings is 1. The number of benzene rings is 1. The Kier molecular flexibility index (Phi) is 4.80. The summed E-state index contributed by atoms with van der Waals surface area (Å²) in [4.78, 5) is 26.9. The Labute approximate surface area is 147 Å². The zero-order valence-corrected chi connectivity index (χ0v) is 14.5. The van der Waals surface area contributed by atoms with E-state index in [9.17, 15) is 14.0 Å². The average Bonchev–Trinajstić information content (AvgIpc) is 3.14. The molecule has 0 radical (unpaired) electrons. The highest BCUT2D eigenvalue weighted by Crippen LogP contribution is 2.18. The molecular formula is C17H16FN3O3S. The van der Waals surface area contributed by atoms with E-state index in [2.05, 4.69) is 5.10 Å². The first kappa shape index (κ1) is 17.1. The van der Waals surface area contributed by atoms with E-state index in [1.165, 1.54) is 29.2 Å². The van der Waals surface area contributed by atoms with Crippen molar-refractivity contribution in [2.75, 3.05) is 7.05 Å². The van der Waals surface area contributed by atoms with Crippen LogP contribution in [0.15, 0.2) is 44.9 Å². The molecule has 2 aromatic heterocycles. The fourth-order valence-electron chi connectivity index (χ4n) is 2.23. The van der Waals surface area contributed by atoms with Crippen LogP contribution in [-0.4, -0.2) is 27.6 Å². The molecule has 0 N–H and O–H groups in total. The Morgan fingerprint density at radius 3 is 2.68 bits per heavy atom. The van der Waals surface area contributed by atoms with E-state index in [0.717, 1.165) is 15.1 Å². The number of rotatable bonds is 5. The van der Waals surface area contributed by atoms with Gasteiger partial charge >= 0.3 is 5.76 Å². The van der Waals surface area contributed by atoms with E-state index in [1.807, 2.05) is 18.4 Å². The van der Waals surface area contributed by atoms with Crippen LogP contribution >= 0.6 is 11.3 Å². The summed E-state index contributed by atoms with van der Waals surface area (Å²) in [6, 6.07) is 7.40. The van der Waals surface area contributed by atoms with Gasteiger partial charge in [0.15, 0.2) is 0 Å². The minimum Gasteiger partial charge on any atom is -0.388 e. The van der Waals surface area contributed by atoms with Crippen molar-refractivity contribution in [3.63, 3.8) is 0 Å². The molecule has 0 saturated carbocycles. The fourth-order valence-corrected chi connectivity index (χ4v) is 3.19. The summed E-state index contributed by atoms with van der Waals surface area (Å²) in [5.41, 5.74) is 1.59. The summed E-state index contributed by atoms with van der Waals surface area (Å²) in [7, 11) is 1.67. The topological polar surface area (TPSA) is 68.3 Å². The predicted octanol–water partition coefficient (Wildman–Crippen LogP) is 2.67. The van der Waals surface area contributed by atoms with Crippen molar-refractivity contribution in [1.29, 1.82) is 0 Å². The van der Waals surface area contributed by atoms with Gasteiger partial charge in [-0.3, -0.25) is 4.79 Å². The number of hydrogen-bond acceptors (Lipinski definition) is 5. The maximum Gasteiger partial charge on any atom is 0.437 e. The Hall–Kier alpha value is -2.74. The molecule has 0 aliphatic carbocycles. The number of carbonyl (C=O) groups excluding carboxylic acids is 1. The SMILES string of the molecule is Cc1ccsc1CN(C)C(=O)Cn1nc(-c2ccc(F)cc2)oc1=O. The number of nitrogens with zero attached hydrogens (tertiary/aromatic N) is 3. The highest BCUT2D eigenvalue weighted by atomic mass is 32.1. The quantitative estimate of drug-likeness (QED) is 0.701. The van der Waals surface area contributed by atoms with Gasteiger partial charge in [-0.25, -0.2) is 9.18 Å². The van der Waals surface area contributed by atoms with E-state index >= 15 is 0 Å². The zero-order chi connectivity index (χ0) is 18.0. The molecule has 2 heterocycles. The molecule has 0 aliphatic heterocycles. The van der Waals surface area contributed by atoms with Crippen molar-refractivity contribution in [1.82, 2.24) is 14.7 Å². The van der Waals surface area contributed by atoms with Gasteiger partial charge in [0.05, 0.1) is 6.54 Å². The molecule has 130 valence electrons. The Bertz CT molecular complexity index is 943. The minimum absolute atomic E-state index is 0.0505. The molecule has 1 aromatic carbocycles. The second kappa shape index (κ2) is 7.02. The largest absolute Gasteiger partial charge is 0.437 e. The highest BCUT2D eigenvalue weighted by molar-refractivity contribution is 7.10. The number of halogens is 1. The molecule has 0 atom stereocenters. The van der Waals surface area contributed by atoms with Gasteiger partial charge in [0, 0.05) is 17.5 Å². The summed E-state index contributed by atoms with van der Waals surface area (Å²) >= 11 is 1.58. The van der Waals surface area contributed by atoms with Crippen LogP contribution in [0.1, 0.15) is 10.4 Å². The molecule has 3 rings (SSSR count). The normalized spacial score (nSPS) is 10.8. The summed E-state index contributed by atoms with van der Waals surface area (Å²) in [5, 5.41) is 5.99. The summed E-state index contributed by atoms with van der Waals surface area (Å²) < 4.78 is 19.0. The van der Waals surface area contributed by atoms with Gasteiger partial charge in [-0.15, -0.1) is 16.4 Å². The summed E-state index contributed by atoms with van der Waals surface area (Å²) in [6.45, 7) is 2.24. The third-order valence-corrected chi connectivity index (χ3v) is 4.76. The lowest BCUT2D eigenvalue weighted by molar-refractivity contribution is -0.131. The van der Waals surface area contributed by atoms with E-state index in [4.69, 9.17) is 4.42 Å². The molecule has 0 bridgehead atoms. The van der Waals surface area contributed by atoms with Crippen molar-refractivity contribution in [3.05, 3.63) is 62.5 Å². The van der Waals surface area contributed by atoms with Crippen LogP contribution in [-0.2, 0) is 17.9 Å². The third kappa shape index (κ3) is 3.85. The van der Waals surface area contributed by atoms with Crippen LogP contribution in [0.4, 0.5) is 4.39 Å². The first-order valence-electron chi connectivity index (χ1n) is 7.55. The van der Waals surface area contributed by atoms with Gasteiger partial charge in [-0.1, -0.05) is 0 Å². The molecule has 3 aromatic rings. The summed E-state index contributed by atoms with van der Waals surface area (Å²) in [6.07, 6.45) is 0. The molecule has 0 fully saturated rings. The van der Waals surface area contributed by atoms with Crippen molar-refractivity contribution < 1.29 is 13.6 Å². The second-order valence-electron chi connectivity index (χ2n) is 5.61. The van der Waals surface area contributed by atoms with Gasteiger partial charge in [0.25, 0.3) is 0 Å². The highest BCUT2D eigenvalue weighted by Gasteiger charge is 2.17. The molecule has 8 heteroatoms. The van der Waals surface area contributed by atoms with E-state index in [-0.39, 0.29) is 18.3 Å². The minimum atomic E-state index is -0.728. The van der Waals surface area contributed by atoms with Crippen molar-refractivity contribution in [3.8, 4) is 11.5 Å². The third-order valence-electron chi connectivity index (χ3n) is 3.76. The predicted molar refractivity (Wildman–Crippen MR) is 91.7 cm³/mol. The van der Waals surface area contributed by atoms with Gasteiger partial charge in [0.1, 0.15) is 12.4 Å². The van der Waals surface area contributed by atoms with Crippen LogP contribution in [0.5, 0.6) is 0 Å². The van der Waals surface area contributed by atoms with Crippen LogP contribution < -0.4 is 5.76 Å². The van der Waals surface area contributed by atoms with Crippen molar-refractivity contribution in [2.24, 2.45) is 0 Å². The maximum atomic E-state index is 13.0. The lowest BCUT2D eigenvalue weighted by atomic mass is 10.2. The summed E-state index contributed by atoms with van der Waals surface area (Å²) in [5.74, 6) is -1.33. The van der Waals surface area contributed by atoms with Gasteiger partial charge in [0.2, 0.25) is 11.8 Å². The number of aryl methyl sites for hydroxylation is 1. The standard InChI is InChI=1S/C17H16FN3O3S/c1-11-7-8-25-14(11)9-20(2)15(22)10-21-17(23)24-16(19-21)12-3-5-13(18)6-4-12/h3-8H,9-10H2,1-2H3. The number of carbonyl (C=O) groups is 1. The maximum absolute atomic E-state index is 13.0. The molecule has 0 aliphatic rings.